The SMILES string of the molecule is Cc1cc(-n2c(C)cc(C(=O)COC(=O)c3cccc(OCc4csc(C)n4)c3)c2C)no1. The van der Waals surface area contributed by atoms with Crippen LogP contribution >= 0.6 is 11.3 Å². The molecule has 33 heavy (non-hydrogen) atoms. The van der Waals surface area contributed by atoms with Crippen molar-refractivity contribution in [3.05, 3.63) is 80.8 Å². The fourth-order valence-electron chi connectivity index (χ4n) is 3.49. The number of nitrogens with zero attached hydrogens (tertiary/aromatic N) is 3. The fourth-order valence-corrected chi connectivity index (χ4v) is 4.09. The molecule has 8 nitrogen and oxygen atoms in total. The van der Waals surface area contributed by atoms with E-state index in [4.69, 9.17) is 14.0 Å². The summed E-state index contributed by atoms with van der Waals surface area (Å²) < 4.78 is 18.0. The summed E-state index contributed by atoms with van der Waals surface area (Å²) in [5.41, 5.74) is 3.13. The summed E-state index contributed by atoms with van der Waals surface area (Å²) in [6.07, 6.45) is 0. The summed E-state index contributed by atoms with van der Waals surface area (Å²) in [6.45, 7) is 7.36. The highest BCUT2D eigenvalue weighted by Gasteiger charge is 2.20. The Morgan fingerprint density at radius 1 is 1.12 bits per heavy atom. The van der Waals surface area contributed by atoms with Gasteiger partial charge in [0.05, 0.1) is 16.3 Å². The second-order valence-electron chi connectivity index (χ2n) is 7.59. The zero-order valence-corrected chi connectivity index (χ0v) is 19.6. The van der Waals surface area contributed by atoms with Gasteiger partial charge in [0.15, 0.2) is 12.4 Å². The standard InChI is InChI=1S/C24H23N3O5S/c1-14-8-21(16(3)27(14)23-9-15(2)32-26-23)22(28)12-31-24(29)18-6-5-7-20(10-18)30-11-19-13-33-17(4)25-19/h5-10,13H,11-12H2,1-4H3. The summed E-state index contributed by atoms with van der Waals surface area (Å²) in [5.74, 6) is 0.900. The largest absolute Gasteiger partial charge is 0.487 e. The number of rotatable bonds is 8. The molecule has 9 heteroatoms. The normalized spacial score (nSPS) is 10.9. The van der Waals surface area contributed by atoms with Crippen LogP contribution in [0.15, 0.2) is 46.3 Å². The van der Waals surface area contributed by atoms with Gasteiger partial charge in [0.1, 0.15) is 18.1 Å². The van der Waals surface area contributed by atoms with Crippen molar-refractivity contribution in [2.75, 3.05) is 6.61 Å². The van der Waals surface area contributed by atoms with Crippen LogP contribution in [0.25, 0.3) is 5.82 Å². The highest BCUT2D eigenvalue weighted by molar-refractivity contribution is 7.09. The van der Waals surface area contributed by atoms with Crippen LogP contribution in [0, 0.1) is 27.7 Å². The number of Topliss-reactive ketones (excluding diaryl/α,β-unsaturated/α-hetero) is 1. The zero-order chi connectivity index (χ0) is 23.5. The van der Waals surface area contributed by atoms with E-state index in [0.717, 1.165) is 16.4 Å². The molecule has 0 N–H and O–H groups in total. The number of benzene rings is 1. The Morgan fingerprint density at radius 2 is 1.94 bits per heavy atom. The van der Waals surface area contributed by atoms with Gasteiger partial charge in [-0.3, -0.25) is 9.36 Å². The van der Waals surface area contributed by atoms with Crippen molar-refractivity contribution in [2.24, 2.45) is 0 Å². The lowest BCUT2D eigenvalue weighted by Gasteiger charge is -2.08. The number of hydrogen-bond donors (Lipinski definition) is 0. The Morgan fingerprint density at radius 3 is 2.64 bits per heavy atom. The third-order valence-electron chi connectivity index (χ3n) is 5.03. The average Bonchev–Trinajstić information content (AvgIpc) is 3.49. The van der Waals surface area contributed by atoms with Crippen molar-refractivity contribution in [1.82, 2.24) is 14.7 Å². The Bertz CT molecular complexity index is 1320. The number of esters is 1. The first kappa shape index (κ1) is 22.5. The van der Waals surface area contributed by atoms with Crippen LogP contribution in [0.5, 0.6) is 5.75 Å². The minimum Gasteiger partial charge on any atom is -0.487 e. The van der Waals surface area contributed by atoms with E-state index in [1.807, 2.05) is 30.7 Å². The molecule has 0 amide bonds. The number of carbonyl (C=O) groups is 2. The number of thiazole rings is 1. The van der Waals surface area contributed by atoms with Crippen LogP contribution < -0.4 is 4.74 Å². The van der Waals surface area contributed by atoms with Crippen molar-refractivity contribution in [1.29, 1.82) is 0 Å². The molecule has 0 bridgehead atoms. The van der Waals surface area contributed by atoms with Crippen molar-refractivity contribution in [2.45, 2.75) is 34.3 Å². The van der Waals surface area contributed by atoms with Gasteiger partial charge in [0.2, 0.25) is 5.78 Å². The van der Waals surface area contributed by atoms with E-state index >= 15 is 0 Å². The number of hydrogen-bond acceptors (Lipinski definition) is 8. The van der Waals surface area contributed by atoms with Crippen LogP contribution in [-0.4, -0.2) is 33.1 Å². The van der Waals surface area contributed by atoms with Crippen LogP contribution in [0.1, 0.15) is 48.6 Å². The molecule has 1 aromatic carbocycles. The molecule has 0 radical (unpaired) electrons. The van der Waals surface area contributed by atoms with Crippen LogP contribution in [-0.2, 0) is 11.3 Å². The maximum atomic E-state index is 12.8. The van der Waals surface area contributed by atoms with E-state index in [9.17, 15) is 9.59 Å². The van der Waals surface area contributed by atoms with E-state index < -0.39 is 5.97 Å². The Balaban J connectivity index is 1.39. The van der Waals surface area contributed by atoms with Crippen molar-refractivity contribution < 1.29 is 23.6 Å². The molecule has 0 aliphatic carbocycles. The first-order valence-electron chi connectivity index (χ1n) is 10.3. The monoisotopic (exact) mass is 465 g/mol. The molecule has 3 aromatic heterocycles. The first-order chi connectivity index (χ1) is 15.8. The van der Waals surface area contributed by atoms with Gasteiger partial charge in [-0.05, 0) is 52.0 Å². The molecule has 0 aliphatic rings. The molecular formula is C24H23N3O5S. The van der Waals surface area contributed by atoms with E-state index in [-0.39, 0.29) is 12.4 Å². The van der Waals surface area contributed by atoms with Gasteiger partial charge in [0.25, 0.3) is 0 Å². The quantitative estimate of drug-likeness (QED) is 0.273. The van der Waals surface area contributed by atoms with Crippen molar-refractivity contribution in [3.8, 4) is 11.6 Å². The first-order valence-corrected chi connectivity index (χ1v) is 11.2. The third kappa shape index (κ3) is 5.04. The maximum absolute atomic E-state index is 12.8. The number of carbonyl (C=O) groups excluding carboxylic acids is 2. The highest BCUT2D eigenvalue weighted by Crippen LogP contribution is 2.22. The average molecular weight is 466 g/mol. The van der Waals surface area contributed by atoms with Gasteiger partial charge in [0, 0.05) is 28.4 Å². The highest BCUT2D eigenvalue weighted by atomic mass is 32.1. The third-order valence-corrected chi connectivity index (χ3v) is 5.86. The lowest BCUT2D eigenvalue weighted by Crippen LogP contribution is -2.15. The molecular weight excluding hydrogens is 442 g/mol. The fraction of sp³-hybridized carbons (Fsp3) is 0.250. The second kappa shape index (κ2) is 9.41. The number of ketones is 1. The summed E-state index contributed by atoms with van der Waals surface area (Å²) >= 11 is 1.55. The van der Waals surface area contributed by atoms with E-state index in [1.165, 1.54) is 0 Å². The summed E-state index contributed by atoms with van der Waals surface area (Å²) in [7, 11) is 0. The number of ether oxygens (including phenoxy) is 2. The molecule has 0 spiro atoms. The molecule has 0 saturated carbocycles. The van der Waals surface area contributed by atoms with Crippen molar-refractivity contribution in [3.63, 3.8) is 0 Å². The van der Waals surface area contributed by atoms with Crippen LogP contribution in [0.2, 0.25) is 0 Å². The zero-order valence-electron chi connectivity index (χ0n) is 18.7. The lowest BCUT2D eigenvalue weighted by atomic mass is 10.1. The Hall–Kier alpha value is -3.72. The summed E-state index contributed by atoms with van der Waals surface area (Å²) in [4.78, 5) is 29.6. The van der Waals surface area contributed by atoms with Crippen LogP contribution in [0.3, 0.4) is 0 Å². The second-order valence-corrected chi connectivity index (χ2v) is 8.65. The smallest absolute Gasteiger partial charge is 0.338 e. The predicted molar refractivity (Wildman–Crippen MR) is 122 cm³/mol. The predicted octanol–water partition coefficient (Wildman–Crippen LogP) is 4.77. The number of aromatic nitrogens is 3. The Kier molecular flexibility index (Phi) is 6.41. The summed E-state index contributed by atoms with van der Waals surface area (Å²) in [6, 6.07) is 10.2. The lowest BCUT2D eigenvalue weighted by molar-refractivity contribution is 0.0474. The van der Waals surface area contributed by atoms with Gasteiger partial charge in [-0.1, -0.05) is 11.2 Å². The number of aryl methyl sites for hydroxylation is 3. The Labute approximate surface area is 194 Å². The van der Waals surface area contributed by atoms with Crippen molar-refractivity contribution >= 4 is 23.1 Å². The van der Waals surface area contributed by atoms with E-state index in [2.05, 4.69) is 10.1 Å². The molecule has 170 valence electrons. The molecule has 4 aromatic rings. The van der Waals surface area contributed by atoms with Gasteiger partial charge >= 0.3 is 5.97 Å². The topological polar surface area (TPSA) is 96.5 Å². The van der Waals surface area contributed by atoms with Gasteiger partial charge in [-0.2, -0.15) is 0 Å². The van der Waals surface area contributed by atoms with E-state index in [1.54, 1.807) is 54.7 Å². The molecule has 4 rings (SSSR count). The summed E-state index contributed by atoms with van der Waals surface area (Å²) in [5, 5.41) is 6.91. The molecule has 0 fully saturated rings. The molecule has 0 saturated heterocycles. The van der Waals surface area contributed by atoms with Gasteiger partial charge < -0.3 is 14.0 Å². The minimum absolute atomic E-state index is 0.297. The minimum atomic E-state index is -0.598. The molecule has 0 atom stereocenters. The van der Waals surface area contributed by atoms with Gasteiger partial charge in [-0.15, -0.1) is 11.3 Å². The van der Waals surface area contributed by atoms with Crippen LogP contribution in [0.4, 0.5) is 0 Å². The molecule has 3 heterocycles. The molecule has 0 unspecified atom stereocenters. The maximum Gasteiger partial charge on any atom is 0.338 e. The van der Waals surface area contributed by atoms with E-state index in [0.29, 0.717) is 40.8 Å². The van der Waals surface area contributed by atoms with Gasteiger partial charge in [-0.25, -0.2) is 9.78 Å². The molecule has 0 aliphatic heterocycles.